The van der Waals surface area contributed by atoms with Gasteiger partial charge in [-0.25, -0.2) is 0 Å². The molecule has 0 aromatic carbocycles. The molecule has 1 saturated carbocycles. The van der Waals surface area contributed by atoms with Gasteiger partial charge in [-0.05, 0) is 52.0 Å². The van der Waals surface area contributed by atoms with E-state index in [1.165, 1.54) is 7.11 Å². The molecule has 4 nitrogen and oxygen atoms in total. The van der Waals surface area contributed by atoms with Gasteiger partial charge in [-0.1, -0.05) is 20.8 Å². The zero-order valence-electron chi connectivity index (χ0n) is 14.7. The molecule has 0 amide bonds. The zero-order chi connectivity index (χ0) is 16.0. The minimum atomic E-state index is -0.473. The van der Waals surface area contributed by atoms with E-state index in [4.69, 9.17) is 4.74 Å². The normalized spacial score (nSPS) is 26.0. The van der Waals surface area contributed by atoms with Crippen LogP contribution in [0, 0.1) is 5.92 Å². The molecule has 0 aromatic heterocycles. The highest BCUT2D eigenvalue weighted by Gasteiger charge is 2.47. The Labute approximate surface area is 130 Å². The standard InChI is InChI=1S/C17H34N2O2/c1-7-10-18-17(16(20)21-6)9-8-15(11-17)19(14(4)5)12-13(2)3/h13-15,18H,7-12H2,1-6H3. The van der Waals surface area contributed by atoms with Crippen LogP contribution in [0.4, 0.5) is 0 Å². The highest BCUT2D eigenvalue weighted by atomic mass is 16.5. The van der Waals surface area contributed by atoms with Crippen LogP contribution in [-0.2, 0) is 9.53 Å². The third kappa shape index (κ3) is 4.68. The molecule has 124 valence electrons. The van der Waals surface area contributed by atoms with E-state index in [1.54, 1.807) is 0 Å². The summed E-state index contributed by atoms with van der Waals surface area (Å²) in [4.78, 5) is 14.9. The maximum absolute atomic E-state index is 12.3. The fourth-order valence-electron chi connectivity index (χ4n) is 3.48. The lowest BCUT2D eigenvalue weighted by Gasteiger charge is -2.35. The Hall–Kier alpha value is -0.610. The molecule has 2 atom stereocenters. The first kappa shape index (κ1) is 18.4. The Morgan fingerprint density at radius 1 is 1.38 bits per heavy atom. The number of ether oxygens (including phenoxy) is 1. The van der Waals surface area contributed by atoms with E-state index >= 15 is 0 Å². The van der Waals surface area contributed by atoms with E-state index in [-0.39, 0.29) is 5.97 Å². The number of hydrogen-bond donors (Lipinski definition) is 1. The number of nitrogens with one attached hydrogen (secondary N) is 1. The first-order valence-electron chi connectivity index (χ1n) is 8.45. The van der Waals surface area contributed by atoms with Gasteiger partial charge in [0.15, 0.2) is 0 Å². The van der Waals surface area contributed by atoms with Crippen LogP contribution in [0.2, 0.25) is 0 Å². The number of hydrogen-bond acceptors (Lipinski definition) is 4. The van der Waals surface area contributed by atoms with Crippen LogP contribution in [-0.4, -0.2) is 48.7 Å². The molecule has 0 heterocycles. The van der Waals surface area contributed by atoms with Gasteiger partial charge in [-0.2, -0.15) is 0 Å². The maximum atomic E-state index is 12.3. The largest absolute Gasteiger partial charge is 0.468 e. The van der Waals surface area contributed by atoms with Gasteiger partial charge in [-0.3, -0.25) is 9.69 Å². The predicted molar refractivity (Wildman–Crippen MR) is 87.4 cm³/mol. The summed E-state index contributed by atoms with van der Waals surface area (Å²) in [7, 11) is 1.50. The van der Waals surface area contributed by atoms with Crippen molar-refractivity contribution < 1.29 is 9.53 Å². The number of methoxy groups -OCH3 is 1. The highest BCUT2D eigenvalue weighted by molar-refractivity contribution is 5.81. The fraction of sp³-hybridized carbons (Fsp3) is 0.941. The van der Waals surface area contributed by atoms with Crippen molar-refractivity contribution in [2.45, 2.75) is 77.9 Å². The van der Waals surface area contributed by atoms with Gasteiger partial charge in [0.25, 0.3) is 0 Å². The summed E-state index contributed by atoms with van der Waals surface area (Å²) in [6, 6.07) is 0.980. The summed E-state index contributed by atoms with van der Waals surface area (Å²) in [5.74, 6) is 0.552. The zero-order valence-corrected chi connectivity index (χ0v) is 14.7. The second-order valence-corrected chi connectivity index (χ2v) is 7.08. The Morgan fingerprint density at radius 2 is 2.05 bits per heavy atom. The number of carbonyl (C=O) groups excluding carboxylic acids is 1. The lowest BCUT2D eigenvalue weighted by Crippen LogP contribution is -2.53. The average molecular weight is 298 g/mol. The van der Waals surface area contributed by atoms with Crippen molar-refractivity contribution in [2.24, 2.45) is 5.92 Å². The van der Waals surface area contributed by atoms with Crippen molar-refractivity contribution in [1.82, 2.24) is 10.2 Å². The smallest absolute Gasteiger partial charge is 0.326 e. The molecule has 1 fully saturated rings. The monoisotopic (exact) mass is 298 g/mol. The van der Waals surface area contributed by atoms with Gasteiger partial charge in [0.1, 0.15) is 5.54 Å². The summed E-state index contributed by atoms with van der Waals surface area (Å²) in [5, 5.41) is 3.47. The first-order chi connectivity index (χ1) is 9.86. The molecule has 0 spiro atoms. The van der Waals surface area contributed by atoms with Crippen LogP contribution in [0.3, 0.4) is 0 Å². The Balaban J connectivity index is 2.82. The average Bonchev–Trinajstić information content (AvgIpc) is 2.86. The fourth-order valence-corrected chi connectivity index (χ4v) is 3.48. The van der Waals surface area contributed by atoms with E-state index < -0.39 is 5.54 Å². The summed E-state index contributed by atoms with van der Waals surface area (Å²) in [6.07, 6.45) is 3.84. The Bertz CT molecular complexity index is 331. The summed E-state index contributed by atoms with van der Waals surface area (Å²) < 4.78 is 5.08. The summed E-state index contributed by atoms with van der Waals surface area (Å²) >= 11 is 0. The van der Waals surface area contributed by atoms with E-state index in [1.807, 2.05) is 0 Å². The lowest BCUT2D eigenvalue weighted by atomic mass is 9.96. The van der Waals surface area contributed by atoms with Crippen LogP contribution < -0.4 is 5.32 Å². The Kier molecular flexibility index (Phi) is 7.14. The van der Waals surface area contributed by atoms with Crippen molar-refractivity contribution in [3.63, 3.8) is 0 Å². The van der Waals surface area contributed by atoms with Gasteiger partial charge >= 0.3 is 5.97 Å². The minimum Gasteiger partial charge on any atom is -0.468 e. The maximum Gasteiger partial charge on any atom is 0.326 e. The lowest BCUT2D eigenvalue weighted by molar-refractivity contribution is -0.148. The molecule has 21 heavy (non-hydrogen) atoms. The van der Waals surface area contributed by atoms with Gasteiger partial charge < -0.3 is 10.1 Å². The van der Waals surface area contributed by atoms with Crippen molar-refractivity contribution in [3.05, 3.63) is 0 Å². The van der Waals surface area contributed by atoms with Gasteiger partial charge in [-0.15, -0.1) is 0 Å². The molecule has 2 unspecified atom stereocenters. The van der Waals surface area contributed by atoms with Crippen molar-refractivity contribution >= 4 is 5.97 Å². The molecule has 0 bridgehead atoms. The molecule has 4 heteroatoms. The number of carbonyl (C=O) groups is 1. The second kappa shape index (κ2) is 8.14. The van der Waals surface area contributed by atoms with Gasteiger partial charge in [0.2, 0.25) is 0 Å². The molecule has 0 radical (unpaired) electrons. The number of nitrogens with zero attached hydrogens (tertiary/aromatic N) is 1. The summed E-state index contributed by atoms with van der Waals surface area (Å²) in [6.45, 7) is 13.1. The van der Waals surface area contributed by atoms with Crippen LogP contribution in [0.5, 0.6) is 0 Å². The Morgan fingerprint density at radius 3 is 2.52 bits per heavy atom. The van der Waals surface area contributed by atoms with Gasteiger partial charge in [0.05, 0.1) is 7.11 Å². The highest BCUT2D eigenvalue weighted by Crippen LogP contribution is 2.35. The summed E-state index contributed by atoms with van der Waals surface area (Å²) in [5.41, 5.74) is -0.473. The van der Waals surface area contributed by atoms with Crippen molar-refractivity contribution in [3.8, 4) is 0 Å². The topological polar surface area (TPSA) is 41.6 Å². The molecule has 1 aliphatic carbocycles. The third-order valence-corrected chi connectivity index (χ3v) is 4.49. The second-order valence-electron chi connectivity index (χ2n) is 7.08. The minimum absolute atomic E-state index is 0.0910. The van der Waals surface area contributed by atoms with E-state index in [9.17, 15) is 4.79 Å². The predicted octanol–water partition coefficient (Wildman–Crippen LogP) is 2.82. The van der Waals surface area contributed by atoms with Gasteiger partial charge in [0, 0.05) is 18.6 Å². The molecular weight excluding hydrogens is 264 g/mol. The van der Waals surface area contributed by atoms with E-state index in [0.717, 1.165) is 38.8 Å². The molecule has 1 aliphatic rings. The molecule has 0 aliphatic heterocycles. The third-order valence-electron chi connectivity index (χ3n) is 4.49. The molecule has 1 rings (SSSR count). The van der Waals surface area contributed by atoms with Crippen molar-refractivity contribution in [1.29, 1.82) is 0 Å². The quantitative estimate of drug-likeness (QED) is 0.700. The van der Waals surface area contributed by atoms with Crippen LogP contribution >= 0.6 is 0 Å². The molecule has 0 aromatic rings. The first-order valence-corrected chi connectivity index (χ1v) is 8.45. The SMILES string of the molecule is CCCNC1(C(=O)OC)CCC(N(CC(C)C)C(C)C)C1. The number of esters is 1. The number of rotatable bonds is 8. The molecule has 1 N–H and O–H groups in total. The molecular formula is C17H34N2O2. The molecule has 0 saturated heterocycles. The van der Waals surface area contributed by atoms with E-state index in [2.05, 4.69) is 44.8 Å². The van der Waals surface area contributed by atoms with Crippen LogP contribution in [0.1, 0.15) is 60.3 Å². The van der Waals surface area contributed by atoms with E-state index in [0.29, 0.717) is 18.0 Å². The van der Waals surface area contributed by atoms with Crippen molar-refractivity contribution in [2.75, 3.05) is 20.2 Å². The van der Waals surface area contributed by atoms with Crippen LogP contribution in [0.25, 0.3) is 0 Å². The van der Waals surface area contributed by atoms with Crippen LogP contribution in [0.15, 0.2) is 0 Å².